The van der Waals surface area contributed by atoms with E-state index in [0.717, 1.165) is 0 Å². The molecule has 5 heteroatoms. The highest BCUT2D eigenvalue weighted by Gasteiger charge is 2.24. The Bertz CT molecular complexity index is 468. The summed E-state index contributed by atoms with van der Waals surface area (Å²) in [6.07, 6.45) is -0.0622. The van der Waals surface area contributed by atoms with Crippen LogP contribution >= 0.6 is 0 Å². The summed E-state index contributed by atoms with van der Waals surface area (Å²) in [4.78, 5) is 11.6. The fourth-order valence-corrected chi connectivity index (χ4v) is 1.31. The Hall–Kier alpha value is -1.85. The molecule has 16 heavy (non-hydrogen) atoms. The SMILES string of the molecule is O=C(c1ccco1)[C@@H](O)c1ccc(CO)o1. The molecule has 0 spiro atoms. The maximum Gasteiger partial charge on any atom is 0.234 e. The fraction of sp³-hybridized carbons (Fsp3) is 0.182. The Labute approximate surface area is 90.9 Å². The van der Waals surface area contributed by atoms with Gasteiger partial charge in [-0.25, -0.2) is 0 Å². The number of aliphatic hydroxyl groups excluding tert-OH is 2. The molecule has 0 saturated carbocycles. The van der Waals surface area contributed by atoms with Crippen LogP contribution in [0.15, 0.2) is 39.4 Å². The minimum atomic E-state index is -1.41. The van der Waals surface area contributed by atoms with E-state index in [0.29, 0.717) is 5.76 Å². The largest absolute Gasteiger partial charge is 0.461 e. The Morgan fingerprint density at radius 2 is 2.19 bits per heavy atom. The lowest BCUT2D eigenvalue weighted by atomic mass is 10.1. The molecule has 0 aliphatic heterocycles. The number of carbonyl (C=O) groups excluding carboxylic acids is 1. The highest BCUT2D eigenvalue weighted by atomic mass is 16.4. The second-order valence-electron chi connectivity index (χ2n) is 3.21. The first-order chi connectivity index (χ1) is 7.72. The summed E-state index contributed by atoms with van der Waals surface area (Å²) < 4.78 is 9.92. The molecule has 0 amide bonds. The summed E-state index contributed by atoms with van der Waals surface area (Å²) in [7, 11) is 0. The number of hydrogen-bond donors (Lipinski definition) is 2. The lowest BCUT2D eigenvalue weighted by molar-refractivity contribution is 0.0666. The van der Waals surface area contributed by atoms with Gasteiger partial charge in [-0.2, -0.15) is 0 Å². The summed E-state index contributed by atoms with van der Waals surface area (Å²) in [6, 6.07) is 5.95. The van der Waals surface area contributed by atoms with E-state index < -0.39 is 11.9 Å². The van der Waals surface area contributed by atoms with E-state index in [9.17, 15) is 9.90 Å². The third-order valence-electron chi connectivity index (χ3n) is 2.12. The molecule has 2 N–H and O–H groups in total. The molecule has 0 aliphatic rings. The highest BCUT2D eigenvalue weighted by molar-refractivity contribution is 5.97. The minimum Gasteiger partial charge on any atom is -0.461 e. The molecular weight excluding hydrogens is 212 g/mol. The molecule has 1 atom stereocenters. The Morgan fingerprint density at radius 1 is 1.38 bits per heavy atom. The van der Waals surface area contributed by atoms with E-state index in [1.807, 2.05) is 0 Å². The quantitative estimate of drug-likeness (QED) is 0.761. The van der Waals surface area contributed by atoms with Gasteiger partial charge in [0, 0.05) is 0 Å². The summed E-state index contributed by atoms with van der Waals surface area (Å²) in [5.41, 5.74) is 0. The van der Waals surface area contributed by atoms with Crippen molar-refractivity contribution in [3.05, 3.63) is 47.8 Å². The number of carbonyl (C=O) groups is 1. The molecule has 0 radical (unpaired) electrons. The molecule has 2 rings (SSSR count). The lowest BCUT2D eigenvalue weighted by Crippen LogP contribution is -2.10. The normalized spacial score (nSPS) is 12.6. The summed E-state index contributed by atoms with van der Waals surface area (Å²) >= 11 is 0. The maximum atomic E-state index is 11.6. The molecule has 0 unspecified atom stereocenters. The highest BCUT2D eigenvalue weighted by Crippen LogP contribution is 2.21. The first kappa shape index (κ1) is 10.7. The van der Waals surface area contributed by atoms with Gasteiger partial charge < -0.3 is 19.0 Å². The Morgan fingerprint density at radius 3 is 2.75 bits per heavy atom. The number of Topliss-reactive ketones (excluding diaryl/α,β-unsaturated/α-hetero) is 1. The minimum absolute atomic E-state index is 0.0643. The number of rotatable bonds is 4. The number of ketones is 1. The third-order valence-corrected chi connectivity index (χ3v) is 2.12. The van der Waals surface area contributed by atoms with E-state index in [2.05, 4.69) is 0 Å². The standard InChI is InChI=1S/C11H10O5/c12-6-7-3-4-9(16-7)11(14)10(13)8-2-1-5-15-8/h1-5,11-12,14H,6H2/t11-/m0/s1. The third kappa shape index (κ3) is 1.91. The first-order valence-electron chi connectivity index (χ1n) is 4.67. The van der Waals surface area contributed by atoms with E-state index in [4.69, 9.17) is 13.9 Å². The first-order valence-corrected chi connectivity index (χ1v) is 4.67. The Kier molecular flexibility index (Phi) is 2.89. The molecule has 0 aliphatic carbocycles. The zero-order valence-electron chi connectivity index (χ0n) is 8.29. The van der Waals surface area contributed by atoms with Crippen LogP contribution in [0.5, 0.6) is 0 Å². The summed E-state index contributed by atoms with van der Waals surface area (Å²) in [6.45, 7) is -0.276. The van der Waals surface area contributed by atoms with Crippen LogP contribution in [0.25, 0.3) is 0 Å². The molecule has 2 aromatic heterocycles. The van der Waals surface area contributed by atoms with Crippen LogP contribution in [-0.4, -0.2) is 16.0 Å². The molecule has 2 heterocycles. The topological polar surface area (TPSA) is 83.8 Å². The van der Waals surface area contributed by atoms with Crippen molar-refractivity contribution in [3.63, 3.8) is 0 Å². The van der Waals surface area contributed by atoms with Crippen molar-refractivity contribution in [2.24, 2.45) is 0 Å². The van der Waals surface area contributed by atoms with Gasteiger partial charge in [-0.05, 0) is 24.3 Å². The fourth-order valence-electron chi connectivity index (χ4n) is 1.31. The van der Waals surface area contributed by atoms with E-state index in [1.165, 1.54) is 24.5 Å². The average Bonchev–Trinajstić information content (AvgIpc) is 2.97. The second-order valence-corrected chi connectivity index (χ2v) is 3.21. The van der Waals surface area contributed by atoms with Gasteiger partial charge in [0.2, 0.25) is 5.78 Å². The van der Waals surface area contributed by atoms with Gasteiger partial charge in [-0.15, -0.1) is 0 Å². The van der Waals surface area contributed by atoms with Crippen LogP contribution in [0.2, 0.25) is 0 Å². The van der Waals surface area contributed by atoms with E-state index >= 15 is 0 Å². The van der Waals surface area contributed by atoms with Gasteiger partial charge in [0.1, 0.15) is 18.1 Å². The van der Waals surface area contributed by atoms with Crippen LogP contribution < -0.4 is 0 Å². The summed E-state index contributed by atoms with van der Waals surface area (Å²) in [5, 5.41) is 18.5. The van der Waals surface area contributed by atoms with Crippen LogP contribution in [0.1, 0.15) is 28.2 Å². The lowest BCUT2D eigenvalue weighted by Gasteiger charge is -2.03. The molecule has 0 saturated heterocycles. The van der Waals surface area contributed by atoms with Crippen LogP contribution in [0.3, 0.4) is 0 Å². The molecule has 0 bridgehead atoms. The van der Waals surface area contributed by atoms with Crippen molar-refractivity contribution in [1.29, 1.82) is 0 Å². The van der Waals surface area contributed by atoms with Crippen molar-refractivity contribution in [2.45, 2.75) is 12.7 Å². The number of aliphatic hydroxyl groups is 2. The van der Waals surface area contributed by atoms with Gasteiger partial charge >= 0.3 is 0 Å². The molecule has 5 nitrogen and oxygen atoms in total. The van der Waals surface area contributed by atoms with Crippen molar-refractivity contribution >= 4 is 5.78 Å². The van der Waals surface area contributed by atoms with Crippen molar-refractivity contribution in [1.82, 2.24) is 0 Å². The van der Waals surface area contributed by atoms with Crippen LogP contribution in [0.4, 0.5) is 0 Å². The van der Waals surface area contributed by atoms with Crippen molar-refractivity contribution in [3.8, 4) is 0 Å². The molecular formula is C11H10O5. The predicted octanol–water partition coefficient (Wildman–Crippen LogP) is 1.28. The van der Waals surface area contributed by atoms with E-state index in [-0.39, 0.29) is 18.1 Å². The Balaban J connectivity index is 2.19. The number of furan rings is 2. The van der Waals surface area contributed by atoms with Gasteiger partial charge in [0.25, 0.3) is 0 Å². The molecule has 84 valence electrons. The second kappa shape index (κ2) is 4.34. The molecule has 0 fully saturated rings. The van der Waals surface area contributed by atoms with Gasteiger partial charge in [0.05, 0.1) is 6.26 Å². The average molecular weight is 222 g/mol. The molecule has 0 aromatic carbocycles. The maximum absolute atomic E-state index is 11.6. The van der Waals surface area contributed by atoms with Gasteiger partial charge in [-0.3, -0.25) is 4.79 Å². The molecule has 2 aromatic rings. The van der Waals surface area contributed by atoms with E-state index in [1.54, 1.807) is 6.07 Å². The van der Waals surface area contributed by atoms with Gasteiger partial charge in [0.15, 0.2) is 11.9 Å². The van der Waals surface area contributed by atoms with Gasteiger partial charge in [-0.1, -0.05) is 0 Å². The van der Waals surface area contributed by atoms with Crippen molar-refractivity contribution in [2.75, 3.05) is 0 Å². The monoisotopic (exact) mass is 222 g/mol. The number of hydrogen-bond acceptors (Lipinski definition) is 5. The summed E-state index contributed by atoms with van der Waals surface area (Å²) in [5.74, 6) is -0.134. The van der Waals surface area contributed by atoms with Crippen LogP contribution in [0, 0.1) is 0 Å². The van der Waals surface area contributed by atoms with Crippen LogP contribution in [-0.2, 0) is 6.61 Å². The van der Waals surface area contributed by atoms with Crippen molar-refractivity contribution < 1.29 is 23.8 Å². The zero-order chi connectivity index (χ0) is 11.5. The zero-order valence-corrected chi connectivity index (χ0v) is 8.29. The smallest absolute Gasteiger partial charge is 0.234 e. The predicted molar refractivity (Wildman–Crippen MR) is 52.6 cm³/mol.